The molecule has 2 aromatic carbocycles. The molecule has 1 aliphatic rings. The van der Waals surface area contributed by atoms with Gasteiger partial charge in [-0.15, -0.1) is 0 Å². The van der Waals surface area contributed by atoms with Gasteiger partial charge in [-0.25, -0.2) is 4.98 Å². The van der Waals surface area contributed by atoms with Crippen molar-refractivity contribution >= 4 is 11.4 Å². The number of hydrogen-bond acceptors (Lipinski definition) is 7. The van der Waals surface area contributed by atoms with E-state index >= 15 is 0 Å². The third-order valence-electron chi connectivity index (χ3n) is 5.31. The Bertz CT molecular complexity index is 1230. The first-order chi connectivity index (χ1) is 16.3. The van der Waals surface area contributed by atoms with Crippen LogP contribution in [0.1, 0.15) is 11.1 Å². The number of nitrogens with zero attached hydrogens (tertiary/aromatic N) is 2. The molecule has 4 aromatic rings. The summed E-state index contributed by atoms with van der Waals surface area (Å²) in [5, 5.41) is 13.6. The highest BCUT2D eigenvalue weighted by molar-refractivity contribution is 5.74. The van der Waals surface area contributed by atoms with Crippen LogP contribution in [0.15, 0.2) is 67.0 Å². The molecule has 33 heavy (non-hydrogen) atoms. The van der Waals surface area contributed by atoms with Crippen molar-refractivity contribution in [2.24, 2.45) is 0 Å². The number of ether oxygens (including phenoxy) is 3. The standard InChI is InChI=1S/C25H25N5O3/c1-31-25-22(9-8-21(30-25)20-6-3-7-23-24(20)33-11-10-32-23)29-19-5-2-4-17(12-19)13-26-14-18-15-27-28-16-18/h2-9,12,15-16,26,29H,10-11,13-14H2,1H3,(H,27,28). The van der Waals surface area contributed by atoms with E-state index in [-0.39, 0.29) is 0 Å². The normalized spacial score (nSPS) is 12.4. The summed E-state index contributed by atoms with van der Waals surface area (Å²) in [5.41, 5.74) is 5.67. The molecule has 0 fully saturated rings. The van der Waals surface area contributed by atoms with Crippen molar-refractivity contribution in [3.63, 3.8) is 0 Å². The second kappa shape index (κ2) is 9.62. The zero-order chi connectivity index (χ0) is 22.5. The summed E-state index contributed by atoms with van der Waals surface area (Å²) in [4.78, 5) is 4.72. The highest BCUT2D eigenvalue weighted by Gasteiger charge is 2.18. The predicted octanol–water partition coefficient (Wildman–Crippen LogP) is 4.28. The molecule has 0 unspecified atom stereocenters. The molecule has 0 saturated carbocycles. The maximum Gasteiger partial charge on any atom is 0.238 e. The van der Waals surface area contributed by atoms with Gasteiger partial charge in [-0.1, -0.05) is 18.2 Å². The third kappa shape index (κ3) is 4.75. The number of fused-ring (bicyclic) bond motifs is 1. The van der Waals surface area contributed by atoms with Crippen LogP contribution in [0.25, 0.3) is 11.3 Å². The molecule has 8 heteroatoms. The lowest BCUT2D eigenvalue weighted by molar-refractivity contribution is 0.172. The van der Waals surface area contributed by atoms with Gasteiger partial charge in [0.25, 0.3) is 0 Å². The summed E-state index contributed by atoms with van der Waals surface area (Å²) < 4.78 is 17.1. The van der Waals surface area contributed by atoms with E-state index in [0.29, 0.717) is 19.1 Å². The van der Waals surface area contributed by atoms with E-state index in [2.05, 4.69) is 33.0 Å². The fourth-order valence-electron chi connectivity index (χ4n) is 3.76. The average Bonchev–Trinajstić information content (AvgIpc) is 3.38. The Morgan fingerprint density at radius 3 is 2.76 bits per heavy atom. The Kier molecular flexibility index (Phi) is 6.08. The molecule has 3 heterocycles. The molecular formula is C25H25N5O3. The summed E-state index contributed by atoms with van der Waals surface area (Å²) >= 11 is 0. The lowest BCUT2D eigenvalue weighted by Crippen LogP contribution is -2.16. The third-order valence-corrected chi connectivity index (χ3v) is 5.31. The van der Waals surface area contributed by atoms with E-state index in [1.54, 1.807) is 7.11 Å². The number of para-hydroxylation sites is 1. The predicted molar refractivity (Wildman–Crippen MR) is 126 cm³/mol. The molecule has 3 N–H and O–H groups in total. The highest BCUT2D eigenvalue weighted by Crippen LogP contribution is 2.40. The molecule has 2 aromatic heterocycles. The molecule has 0 saturated heterocycles. The average molecular weight is 444 g/mol. The van der Waals surface area contributed by atoms with E-state index in [1.807, 2.05) is 54.9 Å². The summed E-state index contributed by atoms with van der Waals surface area (Å²) in [7, 11) is 1.62. The van der Waals surface area contributed by atoms with Crippen LogP contribution in [0.3, 0.4) is 0 Å². The van der Waals surface area contributed by atoms with Gasteiger partial charge in [0, 0.05) is 36.1 Å². The number of methoxy groups -OCH3 is 1. The van der Waals surface area contributed by atoms with Crippen molar-refractivity contribution in [1.29, 1.82) is 0 Å². The monoisotopic (exact) mass is 443 g/mol. The molecule has 0 aliphatic carbocycles. The Labute approximate surface area is 191 Å². The maximum atomic E-state index is 5.84. The smallest absolute Gasteiger partial charge is 0.238 e. The summed E-state index contributed by atoms with van der Waals surface area (Å²) in [6.45, 7) is 2.57. The number of rotatable bonds is 8. The quantitative estimate of drug-likeness (QED) is 0.374. The minimum atomic E-state index is 0.505. The molecule has 5 rings (SSSR count). The Morgan fingerprint density at radius 2 is 1.88 bits per heavy atom. The number of aromatic amines is 1. The van der Waals surface area contributed by atoms with Crippen LogP contribution in [0.4, 0.5) is 11.4 Å². The van der Waals surface area contributed by atoms with Gasteiger partial charge in [-0.3, -0.25) is 5.10 Å². The van der Waals surface area contributed by atoms with Crippen LogP contribution in [-0.2, 0) is 13.1 Å². The molecule has 0 spiro atoms. The van der Waals surface area contributed by atoms with E-state index in [4.69, 9.17) is 19.2 Å². The van der Waals surface area contributed by atoms with Crippen LogP contribution >= 0.6 is 0 Å². The Morgan fingerprint density at radius 1 is 1.00 bits per heavy atom. The van der Waals surface area contributed by atoms with Gasteiger partial charge in [-0.2, -0.15) is 5.10 Å². The van der Waals surface area contributed by atoms with E-state index in [9.17, 15) is 0 Å². The fraction of sp³-hybridized carbons (Fsp3) is 0.200. The van der Waals surface area contributed by atoms with E-state index in [0.717, 1.165) is 52.8 Å². The number of hydrogen-bond donors (Lipinski definition) is 3. The Hall–Kier alpha value is -4.04. The van der Waals surface area contributed by atoms with E-state index in [1.165, 1.54) is 5.56 Å². The zero-order valence-corrected chi connectivity index (χ0v) is 18.3. The van der Waals surface area contributed by atoms with Crippen LogP contribution < -0.4 is 24.8 Å². The Balaban J connectivity index is 1.32. The van der Waals surface area contributed by atoms with Gasteiger partial charge in [0.15, 0.2) is 11.5 Å². The SMILES string of the molecule is COc1nc(-c2cccc3c2OCCO3)ccc1Nc1cccc(CNCc2cn[nH]c2)c1. The summed E-state index contributed by atoms with van der Waals surface area (Å²) in [6, 6.07) is 18.0. The number of aromatic nitrogens is 3. The van der Waals surface area contributed by atoms with Crippen molar-refractivity contribution in [2.75, 3.05) is 25.6 Å². The van der Waals surface area contributed by atoms with Gasteiger partial charge >= 0.3 is 0 Å². The molecule has 8 nitrogen and oxygen atoms in total. The minimum absolute atomic E-state index is 0.505. The minimum Gasteiger partial charge on any atom is -0.486 e. The maximum absolute atomic E-state index is 5.84. The zero-order valence-electron chi connectivity index (χ0n) is 18.3. The first kappa shape index (κ1) is 20.8. The van der Waals surface area contributed by atoms with Crippen LogP contribution in [-0.4, -0.2) is 35.5 Å². The molecule has 0 atom stereocenters. The molecule has 0 amide bonds. The number of benzene rings is 2. The lowest BCUT2D eigenvalue weighted by atomic mass is 10.1. The van der Waals surface area contributed by atoms with Crippen molar-refractivity contribution in [2.45, 2.75) is 13.1 Å². The fourth-order valence-corrected chi connectivity index (χ4v) is 3.76. The van der Waals surface area contributed by atoms with Gasteiger partial charge < -0.3 is 24.8 Å². The van der Waals surface area contributed by atoms with Crippen molar-refractivity contribution in [3.8, 4) is 28.6 Å². The van der Waals surface area contributed by atoms with Crippen LogP contribution in [0, 0.1) is 0 Å². The topological polar surface area (TPSA) is 93.3 Å². The van der Waals surface area contributed by atoms with Gasteiger partial charge in [-0.05, 0) is 42.0 Å². The molecular weight excluding hydrogens is 418 g/mol. The summed E-state index contributed by atoms with van der Waals surface area (Å²) in [6.07, 6.45) is 3.71. The second-order valence-corrected chi connectivity index (χ2v) is 7.62. The second-order valence-electron chi connectivity index (χ2n) is 7.62. The highest BCUT2D eigenvalue weighted by atomic mass is 16.6. The molecule has 0 radical (unpaired) electrons. The van der Waals surface area contributed by atoms with Crippen molar-refractivity contribution < 1.29 is 14.2 Å². The first-order valence-corrected chi connectivity index (χ1v) is 10.8. The van der Waals surface area contributed by atoms with E-state index < -0.39 is 0 Å². The number of H-pyrrole nitrogens is 1. The number of anilines is 2. The van der Waals surface area contributed by atoms with Crippen molar-refractivity contribution in [1.82, 2.24) is 20.5 Å². The van der Waals surface area contributed by atoms with Crippen LogP contribution in [0.2, 0.25) is 0 Å². The summed E-state index contributed by atoms with van der Waals surface area (Å²) in [5.74, 6) is 1.96. The van der Waals surface area contributed by atoms with Gasteiger partial charge in [0.2, 0.25) is 5.88 Å². The number of pyridine rings is 1. The molecule has 0 bridgehead atoms. The first-order valence-electron chi connectivity index (χ1n) is 10.8. The lowest BCUT2D eigenvalue weighted by Gasteiger charge is -2.21. The largest absolute Gasteiger partial charge is 0.486 e. The van der Waals surface area contributed by atoms with Gasteiger partial charge in [0.1, 0.15) is 18.9 Å². The van der Waals surface area contributed by atoms with Crippen LogP contribution in [0.5, 0.6) is 17.4 Å². The molecule has 168 valence electrons. The van der Waals surface area contributed by atoms with Crippen molar-refractivity contribution in [3.05, 3.63) is 78.1 Å². The van der Waals surface area contributed by atoms with Gasteiger partial charge in [0.05, 0.1) is 19.0 Å². The number of nitrogens with one attached hydrogen (secondary N) is 3. The molecule has 1 aliphatic heterocycles.